The van der Waals surface area contributed by atoms with E-state index in [4.69, 9.17) is 9.47 Å². The summed E-state index contributed by atoms with van der Waals surface area (Å²) in [6, 6.07) is 7.31. The van der Waals surface area contributed by atoms with E-state index in [9.17, 15) is 22.8 Å². The summed E-state index contributed by atoms with van der Waals surface area (Å²) in [6.07, 6.45) is -3.13. The Hall–Kier alpha value is -3.14. The minimum Gasteiger partial charge on any atom is -0.452 e. The molecule has 10 heteroatoms. The van der Waals surface area contributed by atoms with Crippen molar-refractivity contribution in [2.24, 2.45) is 0 Å². The van der Waals surface area contributed by atoms with Gasteiger partial charge in [0.15, 0.2) is 6.61 Å². The molecule has 0 radical (unpaired) electrons. The number of rotatable bonds is 8. The number of esters is 1. The summed E-state index contributed by atoms with van der Waals surface area (Å²) in [7, 11) is 1.48. The van der Waals surface area contributed by atoms with Gasteiger partial charge in [0, 0.05) is 25.5 Å². The maximum Gasteiger partial charge on any atom is 0.416 e. The summed E-state index contributed by atoms with van der Waals surface area (Å²) in [5.41, 5.74) is -0.769. The van der Waals surface area contributed by atoms with Gasteiger partial charge < -0.3 is 20.1 Å². The summed E-state index contributed by atoms with van der Waals surface area (Å²) in [6.45, 7) is 0.0654. The fourth-order valence-corrected chi connectivity index (χ4v) is 2.13. The molecule has 0 aliphatic carbocycles. The number of carbonyl (C=O) groups is 2. The molecular formula is C18H18F3N3O4. The summed E-state index contributed by atoms with van der Waals surface area (Å²) in [4.78, 5) is 27.8. The second-order valence-corrected chi connectivity index (χ2v) is 5.52. The third kappa shape index (κ3) is 6.23. The van der Waals surface area contributed by atoms with Crippen LogP contribution in [0.2, 0.25) is 0 Å². The van der Waals surface area contributed by atoms with Gasteiger partial charge in [-0.15, -0.1) is 0 Å². The first-order valence-electron chi connectivity index (χ1n) is 8.13. The number of benzene rings is 1. The lowest BCUT2D eigenvalue weighted by Crippen LogP contribution is -2.31. The number of anilines is 2. The van der Waals surface area contributed by atoms with Crippen LogP contribution in [-0.2, 0) is 20.4 Å². The lowest BCUT2D eigenvalue weighted by atomic mass is 10.2. The highest BCUT2D eigenvalue weighted by Crippen LogP contribution is 2.31. The van der Waals surface area contributed by atoms with Gasteiger partial charge in [-0.2, -0.15) is 13.2 Å². The SMILES string of the molecule is COCCNC(=O)COC(=O)c1cccnc1Nc1cccc(C(F)(F)F)c1. The monoisotopic (exact) mass is 397 g/mol. The zero-order valence-electron chi connectivity index (χ0n) is 14.9. The molecule has 28 heavy (non-hydrogen) atoms. The zero-order chi connectivity index (χ0) is 20.6. The first-order chi connectivity index (χ1) is 13.3. The normalized spacial score (nSPS) is 11.0. The van der Waals surface area contributed by atoms with Crippen molar-refractivity contribution in [3.05, 3.63) is 53.7 Å². The van der Waals surface area contributed by atoms with E-state index in [-0.39, 0.29) is 23.6 Å². The molecule has 0 unspecified atom stereocenters. The molecule has 1 aromatic carbocycles. The van der Waals surface area contributed by atoms with Crippen molar-refractivity contribution < 1.29 is 32.2 Å². The number of halogens is 3. The first kappa shape index (κ1) is 21.2. The number of methoxy groups -OCH3 is 1. The van der Waals surface area contributed by atoms with Crippen LogP contribution in [0.1, 0.15) is 15.9 Å². The van der Waals surface area contributed by atoms with Crippen LogP contribution in [0.3, 0.4) is 0 Å². The molecule has 0 spiro atoms. The average Bonchev–Trinajstić information content (AvgIpc) is 2.66. The summed E-state index contributed by atoms with van der Waals surface area (Å²) >= 11 is 0. The standard InChI is InChI=1S/C18H18F3N3O4/c1-27-9-8-22-15(25)11-28-17(26)14-6-3-7-23-16(14)24-13-5-2-4-12(10-13)18(19,20)21/h2-7,10H,8-9,11H2,1H3,(H,22,25)(H,23,24). The van der Waals surface area contributed by atoms with E-state index < -0.39 is 30.2 Å². The Kier molecular flexibility index (Phi) is 7.33. The van der Waals surface area contributed by atoms with E-state index in [1.807, 2.05) is 0 Å². The number of hydrogen-bond donors (Lipinski definition) is 2. The number of hydrogen-bond acceptors (Lipinski definition) is 6. The summed E-state index contributed by atoms with van der Waals surface area (Å²) < 4.78 is 48.2. The molecular weight excluding hydrogens is 379 g/mol. The molecule has 2 rings (SSSR count). The van der Waals surface area contributed by atoms with Crippen molar-refractivity contribution in [2.75, 3.05) is 32.2 Å². The van der Waals surface area contributed by atoms with Crippen molar-refractivity contribution in [3.63, 3.8) is 0 Å². The number of carbonyl (C=O) groups excluding carboxylic acids is 2. The molecule has 0 fully saturated rings. The highest BCUT2D eigenvalue weighted by atomic mass is 19.4. The Balaban J connectivity index is 2.06. The smallest absolute Gasteiger partial charge is 0.416 e. The van der Waals surface area contributed by atoms with E-state index >= 15 is 0 Å². The fraction of sp³-hybridized carbons (Fsp3) is 0.278. The number of amides is 1. The van der Waals surface area contributed by atoms with Gasteiger partial charge in [-0.05, 0) is 30.3 Å². The number of nitrogens with one attached hydrogen (secondary N) is 2. The number of alkyl halides is 3. The van der Waals surface area contributed by atoms with Crippen LogP contribution in [0, 0.1) is 0 Å². The van der Waals surface area contributed by atoms with E-state index in [2.05, 4.69) is 15.6 Å². The quantitative estimate of drug-likeness (QED) is 0.526. The topological polar surface area (TPSA) is 89.5 Å². The number of nitrogens with zero attached hydrogens (tertiary/aromatic N) is 1. The molecule has 0 saturated heterocycles. The number of ether oxygens (including phenoxy) is 2. The van der Waals surface area contributed by atoms with Crippen LogP contribution < -0.4 is 10.6 Å². The third-order valence-electron chi connectivity index (χ3n) is 3.44. The highest BCUT2D eigenvalue weighted by molar-refractivity contribution is 5.96. The Labute approximate surface area is 158 Å². The molecule has 2 N–H and O–H groups in total. The van der Waals surface area contributed by atoms with E-state index in [1.54, 1.807) is 0 Å². The summed E-state index contributed by atoms with van der Waals surface area (Å²) in [5, 5.41) is 5.15. The highest BCUT2D eigenvalue weighted by Gasteiger charge is 2.30. The molecule has 0 aliphatic heterocycles. The van der Waals surface area contributed by atoms with Gasteiger partial charge >= 0.3 is 12.1 Å². The third-order valence-corrected chi connectivity index (χ3v) is 3.44. The van der Waals surface area contributed by atoms with E-state index in [0.717, 1.165) is 12.1 Å². The van der Waals surface area contributed by atoms with Gasteiger partial charge in [0.25, 0.3) is 5.91 Å². The molecule has 0 saturated carbocycles. The molecule has 7 nitrogen and oxygen atoms in total. The molecule has 1 amide bonds. The van der Waals surface area contributed by atoms with Crippen LogP contribution >= 0.6 is 0 Å². The van der Waals surface area contributed by atoms with E-state index in [0.29, 0.717) is 6.61 Å². The zero-order valence-corrected chi connectivity index (χ0v) is 14.9. The molecule has 0 bridgehead atoms. The largest absolute Gasteiger partial charge is 0.452 e. The van der Waals surface area contributed by atoms with Gasteiger partial charge in [0.05, 0.1) is 12.2 Å². The minimum atomic E-state index is -4.50. The van der Waals surface area contributed by atoms with Crippen molar-refractivity contribution in [1.29, 1.82) is 0 Å². The number of aromatic nitrogens is 1. The van der Waals surface area contributed by atoms with Crippen molar-refractivity contribution >= 4 is 23.4 Å². The molecule has 0 aliphatic rings. The molecule has 1 heterocycles. The van der Waals surface area contributed by atoms with Gasteiger partial charge in [0.1, 0.15) is 11.4 Å². The van der Waals surface area contributed by atoms with Gasteiger partial charge in [-0.25, -0.2) is 9.78 Å². The Morgan fingerprint density at radius 1 is 1.18 bits per heavy atom. The van der Waals surface area contributed by atoms with Crippen LogP contribution in [0.5, 0.6) is 0 Å². The van der Waals surface area contributed by atoms with Gasteiger partial charge in [0.2, 0.25) is 0 Å². The second-order valence-electron chi connectivity index (χ2n) is 5.52. The Morgan fingerprint density at radius 2 is 1.96 bits per heavy atom. The van der Waals surface area contributed by atoms with Crippen molar-refractivity contribution in [2.45, 2.75) is 6.18 Å². The van der Waals surface area contributed by atoms with Crippen LogP contribution in [0.4, 0.5) is 24.7 Å². The van der Waals surface area contributed by atoms with Crippen LogP contribution in [0.15, 0.2) is 42.6 Å². The van der Waals surface area contributed by atoms with Gasteiger partial charge in [-0.3, -0.25) is 4.79 Å². The number of pyridine rings is 1. The van der Waals surface area contributed by atoms with Crippen LogP contribution in [0.25, 0.3) is 0 Å². The maximum absolute atomic E-state index is 12.8. The minimum absolute atomic E-state index is 0.00613. The Bertz CT molecular complexity index is 828. The second kappa shape index (κ2) is 9.70. The predicted molar refractivity (Wildman–Crippen MR) is 94.1 cm³/mol. The molecule has 0 atom stereocenters. The molecule has 2 aromatic rings. The molecule has 1 aromatic heterocycles. The van der Waals surface area contributed by atoms with Crippen molar-refractivity contribution in [3.8, 4) is 0 Å². The summed E-state index contributed by atoms with van der Waals surface area (Å²) in [5.74, 6) is -1.35. The Morgan fingerprint density at radius 3 is 2.68 bits per heavy atom. The van der Waals surface area contributed by atoms with Crippen LogP contribution in [-0.4, -0.2) is 43.7 Å². The van der Waals surface area contributed by atoms with E-state index in [1.165, 1.54) is 37.6 Å². The van der Waals surface area contributed by atoms with Gasteiger partial charge in [-0.1, -0.05) is 6.07 Å². The van der Waals surface area contributed by atoms with Crippen molar-refractivity contribution in [1.82, 2.24) is 10.3 Å². The molecule has 150 valence electrons. The lowest BCUT2D eigenvalue weighted by molar-refractivity contribution is -0.137. The lowest BCUT2D eigenvalue weighted by Gasteiger charge is -2.12. The fourth-order valence-electron chi connectivity index (χ4n) is 2.13. The maximum atomic E-state index is 12.8. The first-order valence-corrected chi connectivity index (χ1v) is 8.13. The average molecular weight is 397 g/mol. The predicted octanol–water partition coefficient (Wildman–Crippen LogP) is 2.76.